The van der Waals surface area contributed by atoms with Crippen LogP contribution >= 0.6 is 0 Å². The summed E-state index contributed by atoms with van der Waals surface area (Å²) in [7, 11) is 0. The second-order valence-electron chi connectivity index (χ2n) is 5.17. The molecule has 0 bridgehead atoms. The quantitative estimate of drug-likeness (QED) is 0.869. The number of amides is 1. The summed E-state index contributed by atoms with van der Waals surface area (Å²) in [6.07, 6.45) is 4.41. The van der Waals surface area contributed by atoms with Crippen molar-refractivity contribution in [3.8, 4) is 0 Å². The molecule has 1 aliphatic carbocycles. The van der Waals surface area contributed by atoms with Crippen LogP contribution in [-0.4, -0.2) is 44.4 Å². The number of aromatic carboxylic acids is 1. The molecule has 0 aromatic carbocycles. The number of carboxylic acids is 1. The lowest BCUT2D eigenvalue weighted by Gasteiger charge is -2.23. The summed E-state index contributed by atoms with van der Waals surface area (Å²) in [5.41, 5.74) is 0.0518. The van der Waals surface area contributed by atoms with E-state index in [1.165, 1.54) is 6.20 Å². The predicted octanol–water partition coefficient (Wildman–Crippen LogP) is 1.44. The summed E-state index contributed by atoms with van der Waals surface area (Å²) in [6, 6.07) is 0.302. The average molecular weight is 263 g/mol. The highest BCUT2D eigenvalue weighted by molar-refractivity contribution is 5.93. The summed E-state index contributed by atoms with van der Waals surface area (Å²) in [5, 5.41) is 8.74. The fourth-order valence-electron chi connectivity index (χ4n) is 1.87. The maximum absolute atomic E-state index is 12.3. The van der Waals surface area contributed by atoms with Crippen molar-refractivity contribution in [1.29, 1.82) is 0 Å². The summed E-state index contributed by atoms with van der Waals surface area (Å²) >= 11 is 0. The topological polar surface area (TPSA) is 83.4 Å². The molecule has 0 saturated heterocycles. The van der Waals surface area contributed by atoms with Gasteiger partial charge in [-0.1, -0.05) is 13.8 Å². The second kappa shape index (κ2) is 5.34. The van der Waals surface area contributed by atoms with Gasteiger partial charge in [0.2, 0.25) is 0 Å². The van der Waals surface area contributed by atoms with Gasteiger partial charge in [-0.05, 0) is 18.8 Å². The van der Waals surface area contributed by atoms with E-state index in [0.717, 1.165) is 19.0 Å². The minimum atomic E-state index is -1.15. The Hall–Kier alpha value is -1.98. The number of aromatic nitrogens is 2. The van der Waals surface area contributed by atoms with Crippen molar-refractivity contribution in [2.45, 2.75) is 32.7 Å². The average Bonchev–Trinajstić information content (AvgIpc) is 3.19. The van der Waals surface area contributed by atoms with E-state index in [2.05, 4.69) is 23.8 Å². The van der Waals surface area contributed by atoms with E-state index in [4.69, 9.17) is 5.11 Å². The number of hydrogen-bond acceptors (Lipinski definition) is 4. The van der Waals surface area contributed by atoms with Crippen LogP contribution in [0.15, 0.2) is 12.4 Å². The monoisotopic (exact) mass is 263 g/mol. The van der Waals surface area contributed by atoms with Crippen LogP contribution in [0.1, 0.15) is 47.7 Å². The summed E-state index contributed by atoms with van der Waals surface area (Å²) in [6.45, 7) is 4.80. The van der Waals surface area contributed by atoms with Crippen LogP contribution in [-0.2, 0) is 0 Å². The van der Waals surface area contributed by atoms with Gasteiger partial charge in [0.1, 0.15) is 5.69 Å². The maximum Gasteiger partial charge on any atom is 0.356 e. The number of hydrogen-bond donors (Lipinski definition) is 1. The molecule has 19 heavy (non-hydrogen) atoms. The Balaban J connectivity index is 2.14. The van der Waals surface area contributed by atoms with Gasteiger partial charge in [-0.2, -0.15) is 0 Å². The fraction of sp³-hybridized carbons (Fsp3) is 0.538. The molecule has 1 aromatic heterocycles. The van der Waals surface area contributed by atoms with Crippen molar-refractivity contribution in [1.82, 2.24) is 14.9 Å². The van der Waals surface area contributed by atoms with Crippen LogP contribution in [0.4, 0.5) is 0 Å². The number of rotatable bonds is 5. The molecule has 1 saturated carbocycles. The Kier molecular flexibility index (Phi) is 3.78. The highest BCUT2D eigenvalue weighted by Gasteiger charge is 2.33. The molecule has 0 aliphatic heterocycles. The third kappa shape index (κ3) is 3.27. The van der Waals surface area contributed by atoms with Gasteiger partial charge >= 0.3 is 5.97 Å². The first-order valence-electron chi connectivity index (χ1n) is 6.35. The Bertz CT molecular complexity index is 480. The van der Waals surface area contributed by atoms with Gasteiger partial charge < -0.3 is 10.0 Å². The smallest absolute Gasteiger partial charge is 0.356 e. The van der Waals surface area contributed by atoms with E-state index in [0.29, 0.717) is 18.5 Å². The fourth-order valence-corrected chi connectivity index (χ4v) is 1.87. The second-order valence-corrected chi connectivity index (χ2v) is 5.17. The van der Waals surface area contributed by atoms with Crippen LogP contribution < -0.4 is 0 Å². The molecule has 1 N–H and O–H groups in total. The van der Waals surface area contributed by atoms with E-state index in [1.807, 2.05) is 4.90 Å². The number of nitrogens with zero attached hydrogens (tertiary/aromatic N) is 3. The predicted molar refractivity (Wildman–Crippen MR) is 67.9 cm³/mol. The zero-order chi connectivity index (χ0) is 14.0. The molecule has 1 aromatic rings. The lowest BCUT2D eigenvalue weighted by Crippen LogP contribution is -2.36. The summed E-state index contributed by atoms with van der Waals surface area (Å²) < 4.78 is 0. The van der Waals surface area contributed by atoms with Gasteiger partial charge in [0.05, 0.1) is 12.4 Å². The standard InChI is InChI=1S/C13H17N3O3/c1-8(2)7-16(9-3-4-9)12(17)10-5-15-11(6-14-10)13(18)19/h5-6,8-9H,3-4,7H2,1-2H3,(H,18,19). The van der Waals surface area contributed by atoms with Crippen molar-refractivity contribution in [2.75, 3.05) is 6.54 Å². The van der Waals surface area contributed by atoms with E-state index in [-0.39, 0.29) is 17.3 Å². The third-order valence-electron chi connectivity index (χ3n) is 2.90. The van der Waals surface area contributed by atoms with E-state index >= 15 is 0 Å². The largest absolute Gasteiger partial charge is 0.476 e. The number of carboxylic acid groups (broad SMARTS) is 1. The molecule has 1 fully saturated rings. The minimum Gasteiger partial charge on any atom is -0.476 e. The third-order valence-corrected chi connectivity index (χ3v) is 2.90. The minimum absolute atomic E-state index is 0.154. The van der Waals surface area contributed by atoms with Crippen molar-refractivity contribution in [2.24, 2.45) is 5.92 Å². The Morgan fingerprint density at radius 1 is 1.32 bits per heavy atom. The van der Waals surface area contributed by atoms with Gasteiger partial charge in [0, 0.05) is 12.6 Å². The van der Waals surface area contributed by atoms with Crippen molar-refractivity contribution in [3.05, 3.63) is 23.8 Å². The molecule has 6 heteroatoms. The summed E-state index contributed by atoms with van der Waals surface area (Å²) in [5.74, 6) is -0.927. The zero-order valence-electron chi connectivity index (χ0n) is 11.0. The molecule has 0 spiro atoms. The molecule has 102 valence electrons. The lowest BCUT2D eigenvalue weighted by atomic mass is 10.2. The zero-order valence-corrected chi connectivity index (χ0v) is 11.0. The van der Waals surface area contributed by atoms with Crippen LogP contribution in [0.2, 0.25) is 0 Å². The molecular weight excluding hydrogens is 246 g/mol. The van der Waals surface area contributed by atoms with E-state index in [1.54, 1.807) is 0 Å². The molecule has 6 nitrogen and oxygen atoms in total. The molecule has 1 heterocycles. The van der Waals surface area contributed by atoms with E-state index in [9.17, 15) is 9.59 Å². The van der Waals surface area contributed by atoms with Gasteiger partial charge in [-0.15, -0.1) is 0 Å². The molecule has 0 unspecified atom stereocenters. The lowest BCUT2D eigenvalue weighted by molar-refractivity contribution is 0.0681. The van der Waals surface area contributed by atoms with Crippen molar-refractivity contribution >= 4 is 11.9 Å². The highest BCUT2D eigenvalue weighted by Crippen LogP contribution is 2.28. The highest BCUT2D eigenvalue weighted by atomic mass is 16.4. The SMILES string of the molecule is CC(C)CN(C(=O)c1cnc(C(=O)O)cn1)C1CC1. The van der Waals surface area contributed by atoms with Gasteiger partial charge in [0.15, 0.2) is 5.69 Å². The van der Waals surface area contributed by atoms with E-state index < -0.39 is 5.97 Å². The molecule has 1 amide bonds. The van der Waals surface area contributed by atoms with Crippen LogP contribution in [0.5, 0.6) is 0 Å². The van der Waals surface area contributed by atoms with Crippen molar-refractivity contribution < 1.29 is 14.7 Å². The Labute approximate surface area is 111 Å². The van der Waals surface area contributed by atoms with Crippen LogP contribution in [0, 0.1) is 5.92 Å². The van der Waals surface area contributed by atoms with Crippen LogP contribution in [0.3, 0.4) is 0 Å². The molecule has 0 atom stereocenters. The maximum atomic E-state index is 12.3. The first-order chi connectivity index (χ1) is 8.99. The Morgan fingerprint density at radius 2 is 1.89 bits per heavy atom. The molecule has 1 aliphatic rings. The van der Waals surface area contributed by atoms with Gasteiger partial charge in [-0.3, -0.25) is 4.79 Å². The number of carbonyl (C=O) groups is 2. The van der Waals surface area contributed by atoms with Crippen molar-refractivity contribution in [3.63, 3.8) is 0 Å². The first-order valence-corrected chi connectivity index (χ1v) is 6.35. The molecular formula is C13H17N3O3. The number of carbonyl (C=O) groups excluding carboxylic acids is 1. The van der Waals surface area contributed by atoms with Crippen LogP contribution in [0.25, 0.3) is 0 Å². The van der Waals surface area contributed by atoms with Gasteiger partial charge in [-0.25, -0.2) is 14.8 Å². The first kappa shape index (κ1) is 13.5. The van der Waals surface area contributed by atoms with Gasteiger partial charge in [0.25, 0.3) is 5.91 Å². The Morgan fingerprint density at radius 3 is 2.32 bits per heavy atom. The molecule has 0 radical (unpaired) electrons. The normalized spacial score (nSPS) is 14.5. The molecule has 2 rings (SSSR count). The summed E-state index contributed by atoms with van der Waals surface area (Å²) in [4.78, 5) is 32.5.